The van der Waals surface area contributed by atoms with Gasteiger partial charge in [-0.25, -0.2) is 8.42 Å². The maximum absolute atomic E-state index is 13.5. The fourth-order valence-electron chi connectivity index (χ4n) is 3.25. The molecule has 5 nitrogen and oxygen atoms in total. The minimum absolute atomic E-state index is 0.0368. The molecule has 26 heavy (non-hydrogen) atoms. The number of benzene rings is 1. The third-order valence-corrected chi connectivity index (χ3v) is 5.81. The maximum Gasteiger partial charge on any atom is 0.418 e. The first-order valence-electron chi connectivity index (χ1n) is 8.47. The topological polar surface area (TPSA) is 49.9 Å². The molecule has 0 radical (unpaired) electrons. The van der Waals surface area contributed by atoms with Crippen molar-refractivity contribution >= 4 is 15.5 Å². The van der Waals surface area contributed by atoms with E-state index in [1.807, 2.05) is 6.92 Å². The van der Waals surface area contributed by atoms with Crippen LogP contribution >= 0.6 is 0 Å². The smallest absolute Gasteiger partial charge is 0.383 e. The summed E-state index contributed by atoms with van der Waals surface area (Å²) in [6, 6.07) is 3.38. The van der Waals surface area contributed by atoms with Crippen molar-refractivity contribution in [3.8, 4) is 0 Å². The van der Waals surface area contributed by atoms with Crippen LogP contribution in [0.25, 0.3) is 0 Å². The third kappa shape index (κ3) is 4.89. The van der Waals surface area contributed by atoms with Crippen molar-refractivity contribution in [2.24, 2.45) is 0 Å². The van der Waals surface area contributed by atoms with Gasteiger partial charge in [0.15, 0.2) is 9.84 Å². The molecule has 2 rings (SSSR count). The molecule has 1 atom stereocenters. The van der Waals surface area contributed by atoms with E-state index >= 15 is 0 Å². The van der Waals surface area contributed by atoms with E-state index in [0.717, 1.165) is 25.3 Å². The van der Waals surface area contributed by atoms with E-state index in [1.54, 1.807) is 12.0 Å². The minimum Gasteiger partial charge on any atom is -0.383 e. The molecule has 1 aromatic carbocycles. The number of piperazine rings is 1. The van der Waals surface area contributed by atoms with E-state index in [9.17, 15) is 21.6 Å². The Balaban J connectivity index is 2.33. The molecule has 1 aliphatic heterocycles. The predicted molar refractivity (Wildman–Crippen MR) is 94.3 cm³/mol. The zero-order valence-corrected chi connectivity index (χ0v) is 16.0. The second kappa shape index (κ2) is 8.14. The number of anilines is 1. The van der Waals surface area contributed by atoms with Gasteiger partial charge in [-0.05, 0) is 24.6 Å². The quantitative estimate of drug-likeness (QED) is 0.743. The SMILES string of the molecule is CC[C@@H]1CN(c2ccc(S(C)(=O)=O)cc2C(F)(F)F)CCN1CCOC. The van der Waals surface area contributed by atoms with Crippen LogP contribution in [0.5, 0.6) is 0 Å². The number of hydrogen-bond donors (Lipinski definition) is 0. The number of halogens is 3. The highest BCUT2D eigenvalue weighted by molar-refractivity contribution is 7.90. The van der Waals surface area contributed by atoms with Gasteiger partial charge in [0.1, 0.15) is 0 Å². The monoisotopic (exact) mass is 394 g/mol. The van der Waals surface area contributed by atoms with E-state index in [0.29, 0.717) is 26.2 Å². The van der Waals surface area contributed by atoms with Gasteiger partial charge in [0.2, 0.25) is 0 Å². The second-order valence-corrected chi connectivity index (χ2v) is 8.50. The number of rotatable bonds is 6. The Morgan fingerprint density at radius 3 is 2.50 bits per heavy atom. The predicted octanol–water partition coefficient (Wildman–Crippen LogP) is 2.66. The molecule has 0 unspecified atom stereocenters. The summed E-state index contributed by atoms with van der Waals surface area (Å²) in [5, 5.41) is 0. The van der Waals surface area contributed by atoms with Crippen LogP contribution in [0.1, 0.15) is 18.9 Å². The molecule has 1 heterocycles. The molecule has 0 saturated carbocycles. The number of alkyl halides is 3. The molecule has 1 fully saturated rings. The van der Waals surface area contributed by atoms with Crippen LogP contribution in [0.15, 0.2) is 23.1 Å². The molecule has 0 amide bonds. The van der Waals surface area contributed by atoms with Crippen molar-refractivity contribution in [1.82, 2.24) is 4.90 Å². The van der Waals surface area contributed by atoms with Gasteiger partial charge in [-0.2, -0.15) is 13.2 Å². The number of methoxy groups -OCH3 is 1. The highest BCUT2D eigenvalue weighted by Gasteiger charge is 2.37. The van der Waals surface area contributed by atoms with Gasteiger partial charge in [-0.1, -0.05) is 6.92 Å². The van der Waals surface area contributed by atoms with Crippen molar-refractivity contribution in [2.45, 2.75) is 30.5 Å². The van der Waals surface area contributed by atoms with Crippen molar-refractivity contribution in [3.05, 3.63) is 23.8 Å². The van der Waals surface area contributed by atoms with Crippen LogP contribution < -0.4 is 4.90 Å². The molecule has 0 aromatic heterocycles. The van der Waals surface area contributed by atoms with Gasteiger partial charge in [0.25, 0.3) is 0 Å². The molecule has 148 valence electrons. The number of ether oxygens (including phenoxy) is 1. The standard InChI is InChI=1S/C17H25F3N2O3S/c1-4-13-12-22(8-7-21(13)9-10-25-2)16-6-5-14(26(3,23)24)11-15(16)17(18,19)20/h5-6,11,13H,4,7-10,12H2,1-3H3/t13-/m1/s1. The number of nitrogens with zero attached hydrogens (tertiary/aromatic N) is 2. The van der Waals surface area contributed by atoms with E-state index in [1.165, 1.54) is 12.1 Å². The average Bonchev–Trinajstić information content (AvgIpc) is 2.57. The molecular weight excluding hydrogens is 369 g/mol. The van der Waals surface area contributed by atoms with Crippen LogP contribution in [0.3, 0.4) is 0 Å². The summed E-state index contributed by atoms with van der Waals surface area (Å²) in [7, 11) is -2.09. The maximum atomic E-state index is 13.5. The summed E-state index contributed by atoms with van der Waals surface area (Å²) in [6.45, 7) is 4.86. The van der Waals surface area contributed by atoms with Crippen LogP contribution in [0, 0.1) is 0 Å². The van der Waals surface area contributed by atoms with Crippen LogP contribution in [0.4, 0.5) is 18.9 Å². The van der Waals surface area contributed by atoms with E-state index < -0.39 is 21.6 Å². The Hall–Kier alpha value is -1.32. The molecule has 0 bridgehead atoms. The fraction of sp³-hybridized carbons (Fsp3) is 0.647. The number of hydrogen-bond acceptors (Lipinski definition) is 5. The fourth-order valence-corrected chi connectivity index (χ4v) is 3.90. The normalized spacial score (nSPS) is 19.8. The van der Waals surface area contributed by atoms with Crippen molar-refractivity contribution in [3.63, 3.8) is 0 Å². The summed E-state index contributed by atoms with van der Waals surface area (Å²) >= 11 is 0. The average molecular weight is 394 g/mol. The number of sulfone groups is 1. The Bertz CT molecular complexity index is 722. The minimum atomic E-state index is -4.62. The first-order valence-corrected chi connectivity index (χ1v) is 10.4. The highest BCUT2D eigenvalue weighted by Crippen LogP contribution is 2.38. The molecule has 9 heteroatoms. The van der Waals surface area contributed by atoms with Crippen molar-refractivity contribution in [1.29, 1.82) is 0 Å². The summed E-state index contributed by atoms with van der Waals surface area (Å²) in [4.78, 5) is 3.60. The lowest BCUT2D eigenvalue weighted by Crippen LogP contribution is -2.54. The van der Waals surface area contributed by atoms with Gasteiger partial charge in [-0.15, -0.1) is 0 Å². The van der Waals surface area contributed by atoms with Gasteiger partial charge in [-0.3, -0.25) is 4.90 Å². The zero-order chi connectivity index (χ0) is 19.5. The Morgan fingerprint density at radius 1 is 1.27 bits per heavy atom. The molecular formula is C17H25F3N2O3S. The third-order valence-electron chi connectivity index (χ3n) is 4.70. The molecule has 1 aromatic rings. The lowest BCUT2D eigenvalue weighted by Gasteiger charge is -2.42. The molecule has 0 aliphatic carbocycles. The van der Waals surface area contributed by atoms with E-state index in [4.69, 9.17) is 4.74 Å². The largest absolute Gasteiger partial charge is 0.418 e. The second-order valence-electron chi connectivity index (χ2n) is 6.49. The first kappa shape index (κ1) is 21.0. The van der Waals surface area contributed by atoms with Crippen LogP contribution in [-0.4, -0.2) is 65.5 Å². The Morgan fingerprint density at radius 2 is 1.96 bits per heavy atom. The summed E-state index contributed by atoms with van der Waals surface area (Å²) in [6.07, 6.45) is -2.90. The molecule has 1 saturated heterocycles. The van der Waals surface area contributed by atoms with Crippen LogP contribution in [-0.2, 0) is 20.8 Å². The van der Waals surface area contributed by atoms with Gasteiger partial charge >= 0.3 is 6.18 Å². The summed E-state index contributed by atoms with van der Waals surface area (Å²) in [5.41, 5.74) is -0.865. The van der Waals surface area contributed by atoms with E-state index in [-0.39, 0.29) is 16.6 Å². The molecule has 1 aliphatic rings. The zero-order valence-electron chi connectivity index (χ0n) is 15.2. The van der Waals surface area contributed by atoms with Gasteiger partial charge < -0.3 is 9.64 Å². The van der Waals surface area contributed by atoms with E-state index in [2.05, 4.69) is 4.90 Å². The van der Waals surface area contributed by atoms with Gasteiger partial charge in [0, 0.05) is 51.3 Å². The Kier molecular flexibility index (Phi) is 6.57. The lowest BCUT2D eigenvalue weighted by molar-refractivity contribution is -0.137. The summed E-state index contributed by atoms with van der Waals surface area (Å²) < 4.78 is 69.0. The summed E-state index contributed by atoms with van der Waals surface area (Å²) in [5.74, 6) is 0. The molecule has 0 N–H and O–H groups in total. The van der Waals surface area contributed by atoms with Crippen molar-refractivity contribution < 1.29 is 26.3 Å². The van der Waals surface area contributed by atoms with Gasteiger partial charge in [0.05, 0.1) is 17.1 Å². The lowest BCUT2D eigenvalue weighted by atomic mass is 10.1. The van der Waals surface area contributed by atoms with Crippen molar-refractivity contribution in [2.75, 3.05) is 51.1 Å². The molecule has 0 spiro atoms. The Labute approximate surface area is 152 Å². The van der Waals surface area contributed by atoms with Crippen LogP contribution in [0.2, 0.25) is 0 Å². The first-order chi connectivity index (χ1) is 12.1. The highest BCUT2D eigenvalue weighted by atomic mass is 32.2.